The van der Waals surface area contributed by atoms with Gasteiger partial charge in [-0.1, -0.05) is 28.1 Å². The Kier molecular flexibility index (Phi) is 2.48. The van der Waals surface area contributed by atoms with E-state index in [9.17, 15) is 0 Å². The SMILES string of the molecule is NC(=S)c1cnc2ccc(Br)cc2c1. The number of pyridine rings is 1. The molecule has 0 bridgehead atoms. The average molecular weight is 267 g/mol. The van der Waals surface area contributed by atoms with Gasteiger partial charge in [-0.15, -0.1) is 0 Å². The molecular weight excluding hydrogens is 260 g/mol. The number of hydrogen-bond donors (Lipinski definition) is 1. The molecule has 0 aliphatic rings. The lowest BCUT2D eigenvalue weighted by Crippen LogP contribution is -2.09. The predicted molar refractivity (Wildman–Crippen MR) is 65.3 cm³/mol. The van der Waals surface area contributed by atoms with Crippen molar-refractivity contribution in [1.29, 1.82) is 0 Å². The predicted octanol–water partition coefficient (Wildman–Crippen LogP) is 2.63. The van der Waals surface area contributed by atoms with E-state index in [1.54, 1.807) is 6.20 Å². The van der Waals surface area contributed by atoms with Gasteiger partial charge in [-0.3, -0.25) is 4.98 Å². The number of thiocarbonyl (C=S) groups is 1. The van der Waals surface area contributed by atoms with Crippen LogP contribution in [0.3, 0.4) is 0 Å². The van der Waals surface area contributed by atoms with Crippen LogP contribution < -0.4 is 5.73 Å². The van der Waals surface area contributed by atoms with Crippen molar-refractivity contribution in [2.75, 3.05) is 0 Å². The number of fused-ring (bicyclic) bond motifs is 1. The number of nitrogens with zero attached hydrogens (tertiary/aromatic N) is 1. The highest BCUT2D eigenvalue weighted by Gasteiger charge is 2.00. The molecule has 1 aromatic heterocycles. The van der Waals surface area contributed by atoms with E-state index in [4.69, 9.17) is 18.0 Å². The maximum atomic E-state index is 5.52. The van der Waals surface area contributed by atoms with Crippen molar-refractivity contribution in [3.8, 4) is 0 Å². The van der Waals surface area contributed by atoms with E-state index in [0.29, 0.717) is 4.99 Å². The molecule has 0 fully saturated rings. The van der Waals surface area contributed by atoms with E-state index in [1.165, 1.54) is 0 Å². The highest BCUT2D eigenvalue weighted by molar-refractivity contribution is 9.10. The first-order valence-corrected chi connectivity index (χ1v) is 5.22. The molecule has 0 spiro atoms. The highest BCUT2D eigenvalue weighted by atomic mass is 79.9. The first kappa shape index (κ1) is 9.55. The van der Waals surface area contributed by atoms with Gasteiger partial charge in [-0.05, 0) is 24.3 Å². The first-order chi connectivity index (χ1) is 6.66. The molecule has 14 heavy (non-hydrogen) atoms. The fourth-order valence-electron chi connectivity index (χ4n) is 1.24. The molecule has 4 heteroatoms. The van der Waals surface area contributed by atoms with Crippen LogP contribution in [0.15, 0.2) is 34.9 Å². The van der Waals surface area contributed by atoms with Crippen LogP contribution in [0.25, 0.3) is 10.9 Å². The minimum absolute atomic E-state index is 0.374. The van der Waals surface area contributed by atoms with Gasteiger partial charge in [-0.25, -0.2) is 0 Å². The van der Waals surface area contributed by atoms with Crippen LogP contribution in [0.1, 0.15) is 5.56 Å². The standard InChI is InChI=1S/C10H7BrN2S/c11-8-1-2-9-6(4-8)3-7(5-13-9)10(12)14/h1-5H,(H2,12,14). The number of nitrogens with two attached hydrogens (primary N) is 1. The fraction of sp³-hybridized carbons (Fsp3) is 0. The van der Waals surface area contributed by atoms with Gasteiger partial charge >= 0.3 is 0 Å². The van der Waals surface area contributed by atoms with Crippen molar-refractivity contribution in [1.82, 2.24) is 4.98 Å². The average Bonchev–Trinajstić information content (AvgIpc) is 2.16. The molecule has 0 saturated carbocycles. The van der Waals surface area contributed by atoms with Gasteiger partial charge in [0.25, 0.3) is 0 Å². The van der Waals surface area contributed by atoms with Gasteiger partial charge in [0.1, 0.15) is 4.99 Å². The van der Waals surface area contributed by atoms with Crippen LogP contribution in [0.5, 0.6) is 0 Å². The summed E-state index contributed by atoms with van der Waals surface area (Å²) in [6.07, 6.45) is 1.69. The molecule has 0 atom stereocenters. The van der Waals surface area contributed by atoms with Crippen LogP contribution in [-0.2, 0) is 0 Å². The normalized spacial score (nSPS) is 10.4. The highest BCUT2D eigenvalue weighted by Crippen LogP contribution is 2.18. The molecule has 2 nitrogen and oxygen atoms in total. The van der Waals surface area contributed by atoms with Gasteiger partial charge in [0.2, 0.25) is 0 Å². The Morgan fingerprint density at radius 1 is 1.36 bits per heavy atom. The van der Waals surface area contributed by atoms with Crippen molar-refractivity contribution >= 4 is 44.0 Å². The monoisotopic (exact) mass is 266 g/mol. The smallest absolute Gasteiger partial charge is 0.105 e. The second kappa shape index (κ2) is 3.63. The Morgan fingerprint density at radius 3 is 2.86 bits per heavy atom. The van der Waals surface area contributed by atoms with Gasteiger partial charge < -0.3 is 5.73 Å². The number of rotatable bonds is 1. The molecule has 2 N–H and O–H groups in total. The van der Waals surface area contributed by atoms with Gasteiger partial charge in [0.05, 0.1) is 5.52 Å². The van der Waals surface area contributed by atoms with Gasteiger partial charge in [0, 0.05) is 21.6 Å². The first-order valence-electron chi connectivity index (χ1n) is 4.02. The minimum atomic E-state index is 0.374. The zero-order valence-corrected chi connectivity index (χ0v) is 9.60. The second-order valence-electron chi connectivity index (χ2n) is 2.93. The number of hydrogen-bond acceptors (Lipinski definition) is 2. The Hall–Kier alpha value is -1.00. The minimum Gasteiger partial charge on any atom is -0.389 e. The summed E-state index contributed by atoms with van der Waals surface area (Å²) in [4.78, 5) is 4.63. The maximum Gasteiger partial charge on any atom is 0.105 e. The second-order valence-corrected chi connectivity index (χ2v) is 4.28. The van der Waals surface area contributed by atoms with Crippen LogP contribution in [0.4, 0.5) is 0 Å². The molecule has 1 heterocycles. The zero-order chi connectivity index (χ0) is 10.1. The van der Waals surface area contributed by atoms with Crippen molar-refractivity contribution < 1.29 is 0 Å². The summed E-state index contributed by atoms with van der Waals surface area (Å²) < 4.78 is 1.02. The summed E-state index contributed by atoms with van der Waals surface area (Å²) in [5, 5.41) is 1.03. The molecule has 0 unspecified atom stereocenters. The van der Waals surface area contributed by atoms with Crippen LogP contribution >= 0.6 is 28.1 Å². The third kappa shape index (κ3) is 1.76. The largest absolute Gasteiger partial charge is 0.389 e. The van der Waals surface area contributed by atoms with E-state index in [1.807, 2.05) is 24.3 Å². The Labute approximate surface area is 95.3 Å². The quantitative estimate of drug-likeness (QED) is 0.807. The molecule has 0 aliphatic carbocycles. The maximum absolute atomic E-state index is 5.52. The lowest BCUT2D eigenvalue weighted by atomic mass is 10.1. The molecule has 70 valence electrons. The third-order valence-corrected chi connectivity index (χ3v) is 2.66. The number of benzene rings is 1. The summed E-state index contributed by atoms with van der Waals surface area (Å²) in [7, 11) is 0. The summed E-state index contributed by atoms with van der Waals surface area (Å²) in [5.41, 5.74) is 7.26. The molecule has 2 rings (SSSR count). The lowest BCUT2D eigenvalue weighted by Gasteiger charge is -2.01. The van der Waals surface area contributed by atoms with Crippen molar-refractivity contribution in [3.05, 3.63) is 40.5 Å². The van der Waals surface area contributed by atoms with E-state index >= 15 is 0 Å². The summed E-state index contributed by atoms with van der Waals surface area (Å²) in [6.45, 7) is 0. The van der Waals surface area contributed by atoms with E-state index in [2.05, 4.69) is 20.9 Å². The van der Waals surface area contributed by atoms with E-state index < -0.39 is 0 Å². The van der Waals surface area contributed by atoms with Crippen molar-refractivity contribution in [2.45, 2.75) is 0 Å². The molecule has 0 aliphatic heterocycles. The Morgan fingerprint density at radius 2 is 2.14 bits per heavy atom. The summed E-state index contributed by atoms with van der Waals surface area (Å²) >= 11 is 8.29. The molecule has 2 aromatic rings. The molecular formula is C10H7BrN2S. The topological polar surface area (TPSA) is 38.9 Å². The number of aromatic nitrogens is 1. The zero-order valence-electron chi connectivity index (χ0n) is 7.20. The Balaban J connectivity index is 2.69. The van der Waals surface area contributed by atoms with Gasteiger partial charge in [0.15, 0.2) is 0 Å². The van der Waals surface area contributed by atoms with Gasteiger partial charge in [-0.2, -0.15) is 0 Å². The Bertz CT molecular complexity index is 510. The van der Waals surface area contributed by atoms with Crippen molar-refractivity contribution in [3.63, 3.8) is 0 Å². The molecule has 0 radical (unpaired) electrons. The third-order valence-electron chi connectivity index (χ3n) is 1.93. The van der Waals surface area contributed by atoms with E-state index in [0.717, 1.165) is 20.9 Å². The van der Waals surface area contributed by atoms with Crippen LogP contribution in [0.2, 0.25) is 0 Å². The van der Waals surface area contributed by atoms with E-state index in [-0.39, 0.29) is 0 Å². The fourth-order valence-corrected chi connectivity index (χ4v) is 1.73. The molecule has 0 amide bonds. The summed E-state index contributed by atoms with van der Waals surface area (Å²) in [6, 6.07) is 7.83. The van der Waals surface area contributed by atoms with Crippen LogP contribution in [-0.4, -0.2) is 9.97 Å². The number of halogens is 1. The molecule has 1 aromatic carbocycles. The van der Waals surface area contributed by atoms with Crippen molar-refractivity contribution in [2.24, 2.45) is 5.73 Å². The summed E-state index contributed by atoms with van der Waals surface area (Å²) in [5.74, 6) is 0. The molecule has 0 saturated heterocycles. The lowest BCUT2D eigenvalue weighted by molar-refractivity contribution is 1.39. The van der Waals surface area contributed by atoms with Crippen LogP contribution in [0, 0.1) is 0 Å².